The van der Waals surface area contributed by atoms with E-state index < -0.39 is 0 Å². The zero-order valence-corrected chi connectivity index (χ0v) is 14.4. The second-order valence-electron chi connectivity index (χ2n) is 6.65. The maximum Gasteiger partial charge on any atom is 0.225 e. The predicted octanol–water partition coefficient (Wildman–Crippen LogP) is 3.78. The first kappa shape index (κ1) is 15.7. The molecule has 0 bridgehead atoms. The summed E-state index contributed by atoms with van der Waals surface area (Å²) in [6, 6.07) is 16.3. The molecule has 6 nitrogen and oxygen atoms in total. The molecule has 0 aliphatic heterocycles. The SMILES string of the molecule is Nc1c2c(-c3ccccc3)nc(NC3CC3)nc2nn1-c1ccc(F)cc1. The van der Waals surface area contributed by atoms with Gasteiger partial charge in [-0.2, -0.15) is 4.98 Å². The number of hydrogen-bond acceptors (Lipinski definition) is 5. The topological polar surface area (TPSA) is 81.7 Å². The summed E-state index contributed by atoms with van der Waals surface area (Å²) in [5, 5.41) is 8.58. The third-order valence-corrected chi connectivity index (χ3v) is 4.60. The van der Waals surface area contributed by atoms with Gasteiger partial charge in [-0.3, -0.25) is 0 Å². The summed E-state index contributed by atoms with van der Waals surface area (Å²) >= 11 is 0. The Bertz CT molecular complexity index is 1120. The van der Waals surface area contributed by atoms with Crippen molar-refractivity contribution in [3.63, 3.8) is 0 Å². The fourth-order valence-electron chi connectivity index (χ4n) is 3.07. The van der Waals surface area contributed by atoms with E-state index in [9.17, 15) is 4.39 Å². The van der Waals surface area contributed by atoms with E-state index >= 15 is 0 Å². The minimum Gasteiger partial charge on any atom is -0.383 e. The zero-order chi connectivity index (χ0) is 18.4. The van der Waals surface area contributed by atoms with Crippen molar-refractivity contribution in [3.05, 3.63) is 60.4 Å². The van der Waals surface area contributed by atoms with Gasteiger partial charge < -0.3 is 11.1 Å². The number of rotatable bonds is 4. The van der Waals surface area contributed by atoms with Gasteiger partial charge in [-0.1, -0.05) is 30.3 Å². The van der Waals surface area contributed by atoms with Crippen LogP contribution in [0.3, 0.4) is 0 Å². The van der Waals surface area contributed by atoms with Crippen LogP contribution in [0.1, 0.15) is 12.8 Å². The van der Waals surface area contributed by atoms with Crippen LogP contribution >= 0.6 is 0 Å². The van der Waals surface area contributed by atoms with Crippen molar-refractivity contribution in [1.82, 2.24) is 19.7 Å². The maximum absolute atomic E-state index is 13.3. The number of hydrogen-bond donors (Lipinski definition) is 2. The monoisotopic (exact) mass is 360 g/mol. The molecule has 134 valence electrons. The van der Waals surface area contributed by atoms with Crippen LogP contribution in [-0.2, 0) is 0 Å². The van der Waals surface area contributed by atoms with E-state index in [0.717, 1.165) is 24.1 Å². The molecule has 1 fully saturated rings. The molecule has 4 aromatic rings. The lowest BCUT2D eigenvalue weighted by Gasteiger charge is -2.08. The molecule has 0 atom stereocenters. The van der Waals surface area contributed by atoms with Crippen LogP contribution in [0.25, 0.3) is 28.0 Å². The number of nitrogens with zero attached hydrogens (tertiary/aromatic N) is 4. The van der Waals surface area contributed by atoms with Crippen LogP contribution in [0.2, 0.25) is 0 Å². The average molecular weight is 360 g/mol. The number of benzene rings is 2. The van der Waals surface area contributed by atoms with Gasteiger partial charge in [0.05, 0.1) is 16.8 Å². The number of nitrogen functional groups attached to an aromatic ring is 1. The minimum absolute atomic E-state index is 0.310. The van der Waals surface area contributed by atoms with Crippen molar-refractivity contribution >= 4 is 22.8 Å². The Morgan fingerprint density at radius 3 is 2.44 bits per heavy atom. The third kappa shape index (κ3) is 2.87. The largest absolute Gasteiger partial charge is 0.383 e. The van der Waals surface area contributed by atoms with Gasteiger partial charge in [0.2, 0.25) is 5.95 Å². The van der Waals surface area contributed by atoms with Gasteiger partial charge in [0.15, 0.2) is 5.65 Å². The molecule has 7 heteroatoms. The van der Waals surface area contributed by atoms with Gasteiger partial charge in [0.25, 0.3) is 0 Å². The van der Waals surface area contributed by atoms with Crippen LogP contribution in [0.5, 0.6) is 0 Å². The van der Waals surface area contributed by atoms with Crippen LogP contribution in [0.4, 0.5) is 16.2 Å². The van der Waals surface area contributed by atoms with E-state index in [0.29, 0.717) is 34.5 Å². The van der Waals surface area contributed by atoms with E-state index in [-0.39, 0.29) is 5.82 Å². The Labute approximate surface area is 154 Å². The molecule has 0 saturated heterocycles. The Hall–Kier alpha value is -3.48. The lowest BCUT2D eigenvalue weighted by atomic mass is 10.1. The number of halogens is 1. The fraction of sp³-hybridized carbons (Fsp3) is 0.150. The van der Waals surface area contributed by atoms with Crippen LogP contribution in [0.15, 0.2) is 54.6 Å². The second-order valence-corrected chi connectivity index (χ2v) is 6.65. The smallest absolute Gasteiger partial charge is 0.225 e. The molecule has 5 rings (SSSR count). The molecule has 2 aromatic heterocycles. The molecule has 2 heterocycles. The first-order chi connectivity index (χ1) is 13.2. The Balaban J connectivity index is 1.73. The van der Waals surface area contributed by atoms with Gasteiger partial charge in [-0.05, 0) is 37.1 Å². The van der Waals surface area contributed by atoms with Gasteiger partial charge in [0, 0.05) is 11.6 Å². The van der Waals surface area contributed by atoms with E-state index in [1.54, 1.807) is 16.8 Å². The van der Waals surface area contributed by atoms with Crippen molar-refractivity contribution in [2.75, 3.05) is 11.1 Å². The maximum atomic E-state index is 13.3. The lowest BCUT2D eigenvalue weighted by Crippen LogP contribution is -2.06. The van der Waals surface area contributed by atoms with E-state index in [1.165, 1.54) is 12.1 Å². The summed E-state index contributed by atoms with van der Waals surface area (Å²) < 4.78 is 14.9. The zero-order valence-electron chi connectivity index (χ0n) is 14.4. The van der Waals surface area contributed by atoms with E-state index in [2.05, 4.69) is 15.4 Å². The first-order valence-corrected chi connectivity index (χ1v) is 8.83. The highest BCUT2D eigenvalue weighted by Gasteiger charge is 2.24. The Kier molecular flexibility index (Phi) is 3.53. The molecule has 27 heavy (non-hydrogen) atoms. The highest BCUT2D eigenvalue weighted by Crippen LogP contribution is 2.33. The molecule has 0 amide bonds. The standard InChI is InChI=1S/C20H17FN6/c21-13-6-10-15(11-7-13)27-18(22)16-17(12-4-2-1-3-5-12)24-20(23-14-8-9-14)25-19(16)26-27/h1-7,10-11,14H,8-9,22H2,(H,23,25,26). The number of nitrogens with two attached hydrogens (primary N) is 1. The van der Waals surface area contributed by atoms with Gasteiger partial charge in [-0.25, -0.2) is 14.1 Å². The molecular formula is C20H17FN6. The average Bonchev–Trinajstić information content (AvgIpc) is 3.44. The number of nitrogens with one attached hydrogen (secondary N) is 1. The molecule has 1 aliphatic rings. The van der Waals surface area contributed by atoms with Crippen LogP contribution in [-0.4, -0.2) is 25.8 Å². The van der Waals surface area contributed by atoms with Crippen molar-refractivity contribution in [2.45, 2.75) is 18.9 Å². The van der Waals surface area contributed by atoms with Crippen LogP contribution < -0.4 is 11.1 Å². The first-order valence-electron chi connectivity index (χ1n) is 8.83. The highest BCUT2D eigenvalue weighted by molar-refractivity contribution is 5.99. The molecule has 0 radical (unpaired) electrons. The quantitative estimate of drug-likeness (QED) is 0.579. The van der Waals surface area contributed by atoms with Gasteiger partial charge in [-0.15, -0.1) is 5.10 Å². The summed E-state index contributed by atoms with van der Waals surface area (Å²) in [6.45, 7) is 0. The summed E-state index contributed by atoms with van der Waals surface area (Å²) in [7, 11) is 0. The number of anilines is 2. The molecular weight excluding hydrogens is 343 g/mol. The van der Waals surface area contributed by atoms with Crippen molar-refractivity contribution in [2.24, 2.45) is 0 Å². The summed E-state index contributed by atoms with van der Waals surface area (Å²) in [5.41, 5.74) is 9.26. The molecule has 2 aromatic carbocycles. The van der Waals surface area contributed by atoms with Crippen molar-refractivity contribution in [3.8, 4) is 16.9 Å². The van der Waals surface area contributed by atoms with Crippen molar-refractivity contribution in [1.29, 1.82) is 0 Å². The van der Waals surface area contributed by atoms with Gasteiger partial charge in [0.1, 0.15) is 11.6 Å². The minimum atomic E-state index is -0.310. The highest BCUT2D eigenvalue weighted by atomic mass is 19.1. The molecule has 3 N–H and O–H groups in total. The normalized spacial score (nSPS) is 13.8. The fourth-order valence-corrected chi connectivity index (χ4v) is 3.07. The van der Waals surface area contributed by atoms with Gasteiger partial charge >= 0.3 is 0 Å². The van der Waals surface area contributed by atoms with Crippen LogP contribution in [0, 0.1) is 5.82 Å². The Morgan fingerprint density at radius 2 is 1.74 bits per heavy atom. The summed E-state index contributed by atoms with van der Waals surface area (Å²) in [4.78, 5) is 9.28. The summed E-state index contributed by atoms with van der Waals surface area (Å²) in [6.07, 6.45) is 2.24. The molecule has 0 unspecified atom stereocenters. The second kappa shape index (κ2) is 6.05. The van der Waals surface area contributed by atoms with E-state index in [1.807, 2.05) is 30.3 Å². The molecule has 1 saturated carbocycles. The Morgan fingerprint density at radius 1 is 1.00 bits per heavy atom. The molecule has 1 aliphatic carbocycles. The van der Waals surface area contributed by atoms with E-state index in [4.69, 9.17) is 10.7 Å². The van der Waals surface area contributed by atoms with Crippen molar-refractivity contribution < 1.29 is 4.39 Å². The predicted molar refractivity (Wildman–Crippen MR) is 103 cm³/mol. The lowest BCUT2D eigenvalue weighted by molar-refractivity contribution is 0.627. The number of fused-ring (bicyclic) bond motifs is 1. The summed E-state index contributed by atoms with van der Waals surface area (Å²) in [5.74, 6) is 0.663. The number of aromatic nitrogens is 4. The third-order valence-electron chi connectivity index (χ3n) is 4.60. The molecule has 0 spiro atoms.